The zero-order valence-electron chi connectivity index (χ0n) is 27.6. The lowest BCUT2D eigenvalue weighted by atomic mass is 9.84. The highest BCUT2D eigenvalue weighted by Gasteiger charge is 2.44. The molecule has 3 fully saturated rings. The second-order valence-electron chi connectivity index (χ2n) is 14.4. The van der Waals surface area contributed by atoms with Gasteiger partial charge in [0.25, 0.3) is 0 Å². The van der Waals surface area contributed by atoms with Crippen LogP contribution in [0.1, 0.15) is 93.4 Å². The van der Waals surface area contributed by atoms with E-state index in [4.69, 9.17) is 4.74 Å². The Morgan fingerprint density at radius 1 is 0.881 bits per heavy atom. The molecule has 240 valence electrons. The first kappa shape index (κ1) is 34.3. The maximum atomic E-state index is 14.1. The average Bonchev–Trinajstić information content (AvgIpc) is 3.58. The molecule has 1 N–H and O–H groups in total. The van der Waals surface area contributed by atoms with Gasteiger partial charge >= 0.3 is 5.97 Å². The summed E-state index contributed by atoms with van der Waals surface area (Å²) < 4.78 is 5.46. The van der Waals surface area contributed by atoms with Crippen LogP contribution in [-0.4, -0.2) is 120 Å². The van der Waals surface area contributed by atoms with Gasteiger partial charge in [0.15, 0.2) is 0 Å². The Morgan fingerprint density at radius 3 is 2.10 bits per heavy atom. The topological polar surface area (TPSA) is 102 Å². The molecule has 3 heterocycles. The van der Waals surface area contributed by atoms with Gasteiger partial charge in [-0.15, -0.1) is 0 Å². The van der Waals surface area contributed by atoms with Gasteiger partial charge < -0.3 is 19.9 Å². The highest BCUT2D eigenvalue weighted by atomic mass is 16.5. The van der Waals surface area contributed by atoms with Crippen LogP contribution < -0.4 is 5.32 Å². The molecule has 10 nitrogen and oxygen atoms in total. The molecule has 3 aliphatic heterocycles. The number of piperidine rings is 1. The van der Waals surface area contributed by atoms with Crippen LogP contribution in [0.5, 0.6) is 0 Å². The monoisotopic (exact) mass is 591 g/mol. The molecule has 5 atom stereocenters. The number of rotatable bonds is 10. The van der Waals surface area contributed by atoms with Gasteiger partial charge in [0.05, 0.1) is 18.2 Å². The van der Waals surface area contributed by atoms with E-state index >= 15 is 0 Å². The van der Waals surface area contributed by atoms with Gasteiger partial charge in [0.2, 0.25) is 17.7 Å². The fourth-order valence-corrected chi connectivity index (χ4v) is 6.78. The van der Waals surface area contributed by atoms with Crippen molar-refractivity contribution in [1.82, 2.24) is 24.9 Å². The minimum atomic E-state index is -0.667. The molecule has 0 aromatic heterocycles. The quantitative estimate of drug-likeness (QED) is 0.390. The van der Waals surface area contributed by atoms with E-state index in [9.17, 15) is 19.2 Å². The summed E-state index contributed by atoms with van der Waals surface area (Å²) in [7, 11) is 3.81. The molecule has 0 spiro atoms. The fourth-order valence-electron chi connectivity index (χ4n) is 6.78. The summed E-state index contributed by atoms with van der Waals surface area (Å²) in [4.78, 5) is 61.8. The second-order valence-corrected chi connectivity index (χ2v) is 14.4. The first-order chi connectivity index (χ1) is 19.6. The maximum Gasteiger partial charge on any atom is 0.329 e. The van der Waals surface area contributed by atoms with E-state index in [1.807, 2.05) is 48.7 Å². The molecule has 3 aliphatic rings. The summed E-state index contributed by atoms with van der Waals surface area (Å²) in [6, 6.07) is -1.87. The number of likely N-dealkylation sites (tertiary alicyclic amines) is 3. The number of nitrogens with zero attached hydrogens (tertiary/aromatic N) is 4. The van der Waals surface area contributed by atoms with Gasteiger partial charge in [0.1, 0.15) is 12.1 Å². The molecule has 0 aromatic rings. The van der Waals surface area contributed by atoms with E-state index in [-0.39, 0.29) is 53.8 Å². The molecule has 3 amide bonds. The van der Waals surface area contributed by atoms with Crippen molar-refractivity contribution in [2.24, 2.45) is 11.3 Å². The van der Waals surface area contributed by atoms with Crippen LogP contribution in [0.15, 0.2) is 0 Å². The van der Waals surface area contributed by atoms with Crippen molar-refractivity contribution < 1.29 is 23.9 Å². The largest absolute Gasteiger partial charge is 0.461 e. The van der Waals surface area contributed by atoms with E-state index < -0.39 is 17.5 Å². The van der Waals surface area contributed by atoms with Crippen molar-refractivity contribution in [3.8, 4) is 0 Å². The van der Waals surface area contributed by atoms with Crippen LogP contribution >= 0.6 is 0 Å². The molecule has 0 bridgehead atoms. The predicted molar refractivity (Wildman–Crippen MR) is 164 cm³/mol. The van der Waals surface area contributed by atoms with E-state index in [2.05, 4.69) is 29.0 Å². The van der Waals surface area contributed by atoms with E-state index in [1.54, 1.807) is 9.80 Å². The Labute approximate surface area is 253 Å². The molecule has 3 rings (SSSR count). The number of carbonyl (C=O) groups is 4. The third-order valence-electron chi connectivity index (χ3n) is 9.32. The molecule has 3 saturated heterocycles. The minimum Gasteiger partial charge on any atom is -0.461 e. The number of ether oxygens (including phenoxy) is 1. The van der Waals surface area contributed by atoms with Crippen molar-refractivity contribution in [3.63, 3.8) is 0 Å². The Morgan fingerprint density at radius 2 is 1.50 bits per heavy atom. The average molecular weight is 592 g/mol. The second kappa shape index (κ2) is 14.5. The van der Waals surface area contributed by atoms with Crippen LogP contribution in [0.3, 0.4) is 0 Å². The zero-order valence-corrected chi connectivity index (χ0v) is 27.6. The van der Waals surface area contributed by atoms with Gasteiger partial charge in [-0.1, -0.05) is 41.0 Å². The highest BCUT2D eigenvalue weighted by Crippen LogP contribution is 2.29. The standard InChI is InChI=1S/C32H57N5O5/c1-21(2)26(35(9)30(40)27(32(5,6)7)33-28(38)23-14-10-11-17-34(23)8)20-36-18-12-15-24(36)29(39)37-19-13-16-25(37)31(41)42-22(3)4/h21-27H,10-20H2,1-9H3,(H,33,38)/t23-,24+,25+,26-,27-/m1/s1. The SMILES string of the molecule is CC(C)OC(=O)[C@@H]1CCCN1C(=O)[C@@H]1CCCN1C[C@H](C(C)C)N(C)C(=O)[C@@H](NC(=O)[C@H]1CCCCN1C)C(C)(C)C. The summed E-state index contributed by atoms with van der Waals surface area (Å²) in [5.74, 6) is -0.381. The van der Waals surface area contributed by atoms with Gasteiger partial charge in [-0.05, 0) is 83.8 Å². The van der Waals surface area contributed by atoms with Gasteiger partial charge in [-0.2, -0.15) is 0 Å². The fraction of sp³-hybridized carbons (Fsp3) is 0.875. The van der Waals surface area contributed by atoms with E-state index in [0.29, 0.717) is 19.5 Å². The lowest BCUT2D eigenvalue weighted by molar-refractivity contribution is -0.158. The maximum absolute atomic E-state index is 14.1. The Bertz CT molecular complexity index is 963. The highest BCUT2D eigenvalue weighted by molar-refractivity contribution is 5.91. The van der Waals surface area contributed by atoms with Crippen LogP contribution in [0.25, 0.3) is 0 Å². The number of amides is 3. The first-order valence-corrected chi connectivity index (χ1v) is 16.2. The Kier molecular flexibility index (Phi) is 11.9. The zero-order chi connectivity index (χ0) is 31.4. The van der Waals surface area contributed by atoms with Crippen molar-refractivity contribution in [2.75, 3.05) is 40.3 Å². The van der Waals surface area contributed by atoms with Crippen LogP contribution in [-0.2, 0) is 23.9 Å². The molecule has 0 aromatic carbocycles. The number of likely N-dealkylation sites (N-methyl/N-ethyl adjacent to an activating group) is 2. The lowest BCUT2D eigenvalue weighted by Gasteiger charge is -2.41. The molecule has 42 heavy (non-hydrogen) atoms. The van der Waals surface area contributed by atoms with Crippen molar-refractivity contribution in [2.45, 2.75) is 130 Å². The summed E-state index contributed by atoms with van der Waals surface area (Å²) in [6.07, 6.45) is 5.73. The molecular formula is C32H57N5O5. The predicted octanol–water partition coefficient (Wildman–Crippen LogP) is 2.89. The summed E-state index contributed by atoms with van der Waals surface area (Å²) in [5, 5.41) is 3.13. The van der Waals surface area contributed by atoms with Crippen molar-refractivity contribution >= 4 is 23.7 Å². The minimum absolute atomic E-state index is 0.0105. The van der Waals surface area contributed by atoms with Gasteiger partial charge in [-0.3, -0.25) is 24.2 Å². The van der Waals surface area contributed by atoms with Gasteiger partial charge in [0, 0.05) is 26.2 Å². The van der Waals surface area contributed by atoms with E-state index in [1.165, 1.54) is 0 Å². The molecular weight excluding hydrogens is 534 g/mol. The molecule has 0 aliphatic carbocycles. The number of nitrogens with one attached hydrogen (secondary N) is 1. The summed E-state index contributed by atoms with van der Waals surface area (Å²) >= 11 is 0. The number of hydrogen-bond donors (Lipinski definition) is 1. The van der Waals surface area contributed by atoms with Crippen LogP contribution in [0.2, 0.25) is 0 Å². The summed E-state index contributed by atoms with van der Waals surface area (Å²) in [5.41, 5.74) is -0.475. The molecule has 10 heteroatoms. The third kappa shape index (κ3) is 8.24. The summed E-state index contributed by atoms with van der Waals surface area (Å²) in [6.45, 7) is 16.6. The number of carbonyl (C=O) groups excluding carboxylic acids is 4. The molecule has 0 saturated carbocycles. The van der Waals surface area contributed by atoms with Crippen LogP contribution in [0.4, 0.5) is 0 Å². The lowest BCUT2D eigenvalue weighted by Crippen LogP contribution is -2.61. The Hall–Kier alpha value is -2.20. The third-order valence-corrected chi connectivity index (χ3v) is 9.32. The first-order valence-electron chi connectivity index (χ1n) is 16.2. The van der Waals surface area contributed by atoms with Crippen LogP contribution in [0, 0.1) is 11.3 Å². The Balaban J connectivity index is 1.73. The normalized spacial score (nSPS) is 25.5. The van der Waals surface area contributed by atoms with Gasteiger partial charge in [-0.25, -0.2) is 4.79 Å². The van der Waals surface area contributed by atoms with Crippen molar-refractivity contribution in [3.05, 3.63) is 0 Å². The van der Waals surface area contributed by atoms with Crippen molar-refractivity contribution in [1.29, 1.82) is 0 Å². The number of hydrogen-bond acceptors (Lipinski definition) is 7. The molecule has 0 radical (unpaired) electrons. The van der Waals surface area contributed by atoms with E-state index in [0.717, 1.165) is 51.6 Å². The molecule has 0 unspecified atom stereocenters. The number of esters is 1. The smallest absolute Gasteiger partial charge is 0.329 e.